The van der Waals surface area contributed by atoms with Gasteiger partial charge in [0.25, 0.3) is 0 Å². The van der Waals surface area contributed by atoms with E-state index >= 15 is 0 Å². The quantitative estimate of drug-likeness (QED) is 0.811. The predicted molar refractivity (Wildman–Crippen MR) is 84.2 cm³/mol. The van der Waals surface area contributed by atoms with E-state index < -0.39 is 0 Å². The minimum atomic E-state index is 0.694. The summed E-state index contributed by atoms with van der Waals surface area (Å²) in [7, 11) is 0. The molecular weight excluding hydrogens is 248 g/mol. The summed E-state index contributed by atoms with van der Waals surface area (Å²) in [4.78, 5) is 8.79. The number of hydrogen-bond acceptors (Lipinski definition) is 4. The highest BCUT2D eigenvalue weighted by molar-refractivity contribution is 5.46. The Bertz CT molecular complexity index is 525. The van der Waals surface area contributed by atoms with Crippen LogP contribution in [0.15, 0.2) is 36.5 Å². The highest BCUT2D eigenvalue weighted by atomic mass is 15.1. The van der Waals surface area contributed by atoms with Crippen molar-refractivity contribution in [2.45, 2.75) is 26.7 Å². The maximum Gasteiger partial charge on any atom is 0.224 e. The van der Waals surface area contributed by atoms with Crippen molar-refractivity contribution in [2.75, 3.05) is 23.7 Å². The van der Waals surface area contributed by atoms with Crippen molar-refractivity contribution in [1.29, 1.82) is 0 Å². The molecule has 1 aromatic heterocycles. The number of anilines is 2. The van der Waals surface area contributed by atoms with Gasteiger partial charge >= 0.3 is 0 Å². The molecule has 0 spiro atoms. The van der Waals surface area contributed by atoms with E-state index in [4.69, 9.17) is 0 Å². The molecule has 0 radical (unpaired) electrons. The molecular formula is C16H22N4. The van der Waals surface area contributed by atoms with Crippen molar-refractivity contribution in [1.82, 2.24) is 9.97 Å². The number of aryl methyl sites for hydroxylation is 1. The third-order valence-electron chi connectivity index (χ3n) is 3.05. The first-order valence-corrected chi connectivity index (χ1v) is 7.15. The van der Waals surface area contributed by atoms with Gasteiger partial charge in [0.2, 0.25) is 5.95 Å². The summed E-state index contributed by atoms with van der Waals surface area (Å²) in [6.07, 6.45) is 3.91. The van der Waals surface area contributed by atoms with Gasteiger partial charge in [-0.1, -0.05) is 37.3 Å². The zero-order valence-corrected chi connectivity index (χ0v) is 12.2. The van der Waals surface area contributed by atoms with Crippen molar-refractivity contribution < 1.29 is 0 Å². The maximum atomic E-state index is 4.51. The lowest BCUT2D eigenvalue weighted by Crippen LogP contribution is -2.11. The number of rotatable bonds is 7. The third-order valence-corrected chi connectivity index (χ3v) is 3.05. The molecule has 2 rings (SSSR count). The Kier molecular flexibility index (Phi) is 5.35. The molecule has 0 unspecified atom stereocenters. The van der Waals surface area contributed by atoms with Crippen LogP contribution >= 0.6 is 0 Å². The SMILES string of the molecule is CCCNc1ncc(C)c(NCCc2ccccc2)n1. The minimum Gasteiger partial charge on any atom is -0.369 e. The van der Waals surface area contributed by atoms with Crippen LogP contribution in [0.1, 0.15) is 24.5 Å². The Hall–Kier alpha value is -2.10. The van der Waals surface area contributed by atoms with E-state index in [0.29, 0.717) is 5.95 Å². The lowest BCUT2D eigenvalue weighted by atomic mass is 10.1. The molecule has 1 aromatic carbocycles. The van der Waals surface area contributed by atoms with Gasteiger partial charge in [-0.2, -0.15) is 4.98 Å². The zero-order chi connectivity index (χ0) is 14.2. The summed E-state index contributed by atoms with van der Waals surface area (Å²) in [6, 6.07) is 10.5. The largest absolute Gasteiger partial charge is 0.369 e. The fourth-order valence-electron chi connectivity index (χ4n) is 1.91. The molecule has 0 saturated heterocycles. The Balaban J connectivity index is 1.91. The molecule has 0 aliphatic heterocycles. The number of nitrogens with zero attached hydrogens (tertiary/aromatic N) is 2. The van der Waals surface area contributed by atoms with Gasteiger partial charge in [-0.05, 0) is 25.3 Å². The lowest BCUT2D eigenvalue weighted by Gasteiger charge is -2.10. The van der Waals surface area contributed by atoms with Gasteiger partial charge in [-0.15, -0.1) is 0 Å². The van der Waals surface area contributed by atoms with E-state index in [1.807, 2.05) is 19.2 Å². The second-order valence-electron chi connectivity index (χ2n) is 4.81. The van der Waals surface area contributed by atoms with E-state index in [9.17, 15) is 0 Å². The zero-order valence-electron chi connectivity index (χ0n) is 12.2. The summed E-state index contributed by atoms with van der Waals surface area (Å²) >= 11 is 0. The van der Waals surface area contributed by atoms with E-state index in [0.717, 1.165) is 37.3 Å². The molecule has 0 atom stereocenters. The van der Waals surface area contributed by atoms with Gasteiger partial charge in [0, 0.05) is 24.8 Å². The highest BCUT2D eigenvalue weighted by Crippen LogP contribution is 2.12. The van der Waals surface area contributed by atoms with Crippen LogP contribution in [0, 0.1) is 6.92 Å². The van der Waals surface area contributed by atoms with Gasteiger partial charge in [0.1, 0.15) is 5.82 Å². The highest BCUT2D eigenvalue weighted by Gasteiger charge is 2.03. The Morgan fingerprint density at radius 2 is 1.85 bits per heavy atom. The molecule has 2 N–H and O–H groups in total. The van der Waals surface area contributed by atoms with Gasteiger partial charge in [-0.25, -0.2) is 4.98 Å². The standard InChI is InChI=1S/C16H22N4/c1-3-10-18-16-19-12-13(2)15(20-16)17-11-9-14-7-5-4-6-8-14/h4-8,12H,3,9-11H2,1-2H3,(H2,17,18,19,20). The molecule has 0 aliphatic carbocycles. The van der Waals surface area contributed by atoms with E-state index in [1.54, 1.807) is 0 Å². The van der Waals surface area contributed by atoms with Crippen LogP contribution in [-0.4, -0.2) is 23.1 Å². The summed E-state index contributed by atoms with van der Waals surface area (Å²) in [5.74, 6) is 1.61. The van der Waals surface area contributed by atoms with Crippen molar-refractivity contribution >= 4 is 11.8 Å². The average molecular weight is 270 g/mol. The predicted octanol–water partition coefficient (Wildman–Crippen LogP) is 3.26. The van der Waals surface area contributed by atoms with Crippen molar-refractivity contribution in [3.05, 3.63) is 47.7 Å². The fourth-order valence-corrected chi connectivity index (χ4v) is 1.91. The van der Waals surface area contributed by atoms with Gasteiger partial charge < -0.3 is 10.6 Å². The van der Waals surface area contributed by atoms with Crippen LogP contribution in [0.3, 0.4) is 0 Å². The second-order valence-corrected chi connectivity index (χ2v) is 4.81. The van der Waals surface area contributed by atoms with E-state index in [-0.39, 0.29) is 0 Å². The Morgan fingerprint density at radius 3 is 2.60 bits per heavy atom. The van der Waals surface area contributed by atoms with Crippen molar-refractivity contribution in [2.24, 2.45) is 0 Å². The molecule has 0 fully saturated rings. The van der Waals surface area contributed by atoms with Gasteiger partial charge in [0.05, 0.1) is 0 Å². The van der Waals surface area contributed by atoms with Crippen molar-refractivity contribution in [3.63, 3.8) is 0 Å². The number of nitrogens with one attached hydrogen (secondary N) is 2. The van der Waals surface area contributed by atoms with E-state index in [2.05, 4.69) is 51.8 Å². The molecule has 4 nitrogen and oxygen atoms in total. The molecule has 0 amide bonds. The Labute approximate surface area is 120 Å². The normalized spacial score (nSPS) is 10.3. The molecule has 0 bridgehead atoms. The molecule has 2 aromatic rings. The number of hydrogen-bond donors (Lipinski definition) is 2. The summed E-state index contributed by atoms with van der Waals surface area (Å²) in [5, 5.41) is 6.59. The van der Waals surface area contributed by atoms with Crippen molar-refractivity contribution in [3.8, 4) is 0 Å². The third kappa shape index (κ3) is 4.23. The first-order chi connectivity index (χ1) is 9.79. The molecule has 0 aliphatic rings. The average Bonchev–Trinajstić information content (AvgIpc) is 2.49. The summed E-state index contributed by atoms with van der Waals surface area (Å²) < 4.78 is 0. The van der Waals surface area contributed by atoms with Crippen LogP contribution in [0.25, 0.3) is 0 Å². The fraction of sp³-hybridized carbons (Fsp3) is 0.375. The lowest BCUT2D eigenvalue weighted by molar-refractivity contribution is 0.942. The Morgan fingerprint density at radius 1 is 1.05 bits per heavy atom. The molecule has 0 saturated carbocycles. The maximum absolute atomic E-state index is 4.51. The first kappa shape index (κ1) is 14.3. The smallest absolute Gasteiger partial charge is 0.224 e. The molecule has 1 heterocycles. The molecule has 4 heteroatoms. The summed E-state index contributed by atoms with van der Waals surface area (Å²) in [5.41, 5.74) is 2.40. The second kappa shape index (κ2) is 7.48. The van der Waals surface area contributed by atoms with Crippen LogP contribution < -0.4 is 10.6 Å². The van der Waals surface area contributed by atoms with Crippen LogP contribution in [0.4, 0.5) is 11.8 Å². The first-order valence-electron chi connectivity index (χ1n) is 7.15. The van der Waals surface area contributed by atoms with E-state index in [1.165, 1.54) is 5.56 Å². The monoisotopic (exact) mass is 270 g/mol. The minimum absolute atomic E-state index is 0.694. The van der Waals surface area contributed by atoms with Gasteiger partial charge in [-0.3, -0.25) is 0 Å². The molecule has 20 heavy (non-hydrogen) atoms. The van der Waals surface area contributed by atoms with Crippen LogP contribution in [0.5, 0.6) is 0 Å². The topological polar surface area (TPSA) is 49.8 Å². The van der Waals surface area contributed by atoms with Crippen LogP contribution in [0.2, 0.25) is 0 Å². The molecule has 106 valence electrons. The summed E-state index contributed by atoms with van der Waals surface area (Å²) in [6.45, 7) is 5.91. The van der Waals surface area contributed by atoms with Crippen LogP contribution in [-0.2, 0) is 6.42 Å². The van der Waals surface area contributed by atoms with Gasteiger partial charge in [0.15, 0.2) is 0 Å². The number of aromatic nitrogens is 2. The number of benzene rings is 1.